The number of cyclic esters (lactones) is 1. The number of aliphatic hydroxyl groups excluding tert-OH is 1. The molecule has 0 aromatic heterocycles. The molecular formula is C24H33NO8. The minimum atomic E-state index is -1.02. The summed E-state index contributed by atoms with van der Waals surface area (Å²) in [5.41, 5.74) is -0.199. The van der Waals surface area contributed by atoms with Crippen molar-refractivity contribution in [3.05, 3.63) is 33.9 Å². The second-order valence-electron chi connectivity index (χ2n) is 10.1. The Morgan fingerprint density at radius 1 is 1.33 bits per heavy atom. The molecule has 9 heteroatoms. The van der Waals surface area contributed by atoms with E-state index >= 15 is 0 Å². The Balaban J connectivity index is 1.86. The van der Waals surface area contributed by atoms with Crippen LogP contribution in [0.25, 0.3) is 0 Å². The summed E-state index contributed by atoms with van der Waals surface area (Å²) in [5.74, 6) is -3.06. The molecule has 1 N–H and O–H groups in total. The number of ketones is 1. The molecule has 2 aliphatic heterocycles. The van der Waals surface area contributed by atoms with Gasteiger partial charge in [0, 0.05) is 35.7 Å². The van der Waals surface area contributed by atoms with Gasteiger partial charge in [-0.05, 0) is 25.8 Å². The van der Waals surface area contributed by atoms with E-state index in [9.17, 15) is 24.8 Å². The van der Waals surface area contributed by atoms with Crippen molar-refractivity contribution < 1.29 is 33.8 Å². The van der Waals surface area contributed by atoms with E-state index in [4.69, 9.17) is 14.2 Å². The molecule has 4 bridgehead atoms. The van der Waals surface area contributed by atoms with E-state index in [0.717, 1.165) is 5.57 Å². The summed E-state index contributed by atoms with van der Waals surface area (Å²) < 4.78 is 17.9. The molecule has 182 valence electrons. The third-order valence-corrected chi connectivity index (χ3v) is 8.24. The fraction of sp³-hybridized carbons (Fsp3) is 0.750. The average molecular weight is 464 g/mol. The maximum absolute atomic E-state index is 13.7. The first-order valence-electron chi connectivity index (χ1n) is 11.6. The van der Waals surface area contributed by atoms with E-state index in [-0.39, 0.29) is 41.4 Å². The van der Waals surface area contributed by atoms with Crippen LogP contribution in [0, 0.1) is 45.6 Å². The van der Waals surface area contributed by atoms with E-state index in [1.807, 2.05) is 32.1 Å². The normalized spacial score (nSPS) is 47.2. The first kappa shape index (κ1) is 24.0. The van der Waals surface area contributed by atoms with Gasteiger partial charge in [0.25, 0.3) is 0 Å². The fourth-order valence-electron chi connectivity index (χ4n) is 6.66. The minimum Gasteiger partial charge on any atom is -0.457 e. The van der Waals surface area contributed by atoms with Crippen LogP contribution >= 0.6 is 0 Å². The van der Waals surface area contributed by atoms with Gasteiger partial charge in [-0.2, -0.15) is 0 Å². The summed E-state index contributed by atoms with van der Waals surface area (Å²) in [5, 5.41) is 21.7. The van der Waals surface area contributed by atoms with Crippen molar-refractivity contribution in [3.8, 4) is 0 Å². The zero-order chi connectivity index (χ0) is 24.2. The van der Waals surface area contributed by atoms with Crippen LogP contribution < -0.4 is 0 Å². The van der Waals surface area contributed by atoms with Gasteiger partial charge in [-0.15, -0.1) is 0 Å². The van der Waals surface area contributed by atoms with Crippen molar-refractivity contribution in [3.63, 3.8) is 0 Å². The second kappa shape index (κ2) is 8.60. The highest BCUT2D eigenvalue weighted by molar-refractivity contribution is 5.88. The summed E-state index contributed by atoms with van der Waals surface area (Å²) in [6.07, 6.45) is 3.01. The van der Waals surface area contributed by atoms with Gasteiger partial charge in [0.15, 0.2) is 6.10 Å². The molecule has 1 spiro atoms. The van der Waals surface area contributed by atoms with E-state index in [1.54, 1.807) is 13.8 Å². The Hall–Kier alpha value is -2.10. The third-order valence-electron chi connectivity index (χ3n) is 8.24. The van der Waals surface area contributed by atoms with Crippen LogP contribution in [0.5, 0.6) is 0 Å². The van der Waals surface area contributed by atoms with Gasteiger partial charge in [0.05, 0.1) is 24.0 Å². The average Bonchev–Trinajstić information content (AvgIpc) is 2.94. The number of hydrogen-bond donors (Lipinski definition) is 1. The highest BCUT2D eigenvalue weighted by Crippen LogP contribution is 2.60. The van der Waals surface area contributed by atoms with Gasteiger partial charge in [0.1, 0.15) is 17.5 Å². The molecule has 11 atom stereocenters. The van der Waals surface area contributed by atoms with Crippen LogP contribution in [0.1, 0.15) is 34.1 Å². The van der Waals surface area contributed by atoms with Crippen LogP contribution in [-0.2, 0) is 23.8 Å². The number of nitrogens with zero attached hydrogens (tertiary/aromatic N) is 1. The highest BCUT2D eigenvalue weighted by Gasteiger charge is 2.69. The van der Waals surface area contributed by atoms with Gasteiger partial charge in [-0.1, -0.05) is 32.1 Å². The lowest BCUT2D eigenvalue weighted by Gasteiger charge is -2.45. The van der Waals surface area contributed by atoms with E-state index in [1.165, 1.54) is 7.11 Å². The summed E-state index contributed by atoms with van der Waals surface area (Å²) >= 11 is 0. The number of nitro groups is 1. The number of aliphatic hydroxyl groups is 1. The van der Waals surface area contributed by atoms with Crippen LogP contribution in [0.2, 0.25) is 0 Å². The maximum Gasteiger partial charge on any atom is 0.335 e. The number of Topliss-reactive ketones (excluding diaryl/α,β-unsaturated/α-hetero) is 1. The largest absolute Gasteiger partial charge is 0.457 e. The van der Waals surface area contributed by atoms with E-state index in [0.29, 0.717) is 0 Å². The molecule has 0 aromatic rings. The zero-order valence-corrected chi connectivity index (χ0v) is 19.7. The first-order valence-corrected chi connectivity index (χ1v) is 11.6. The predicted molar refractivity (Wildman–Crippen MR) is 117 cm³/mol. The fourth-order valence-corrected chi connectivity index (χ4v) is 6.66. The smallest absolute Gasteiger partial charge is 0.335 e. The maximum atomic E-state index is 13.7. The van der Waals surface area contributed by atoms with Crippen LogP contribution in [0.4, 0.5) is 0 Å². The first-order chi connectivity index (χ1) is 15.5. The Kier molecular flexibility index (Phi) is 6.26. The minimum absolute atomic E-state index is 0.0315. The topological polar surface area (TPSA) is 125 Å². The summed E-state index contributed by atoms with van der Waals surface area (Å²) in [6.45, 7) is 6.76. The molecule has 33 heavy (non-hydrogen) atoms. The number of esters is 1. The van der Waals surface area contributed by atoms with E-state index < -0.39 is 53.7 Å². The Morgan fingerprint density at radius 3 is 2.64 bits per heavy atom. The molecule has 4 aliphatic rings. The quantitative estimate of drug-likeness (QED) is 0.290. The molecular weight excluding hydrogens is 430 g/mol. The molecule has 1 saturated carbocycles. The molecule has 9 nitrogen and oxygen atoms in total. The molecule has 2 fully saturated rings. The number of carbonyl (C=O) groups excluding carboxylic acids is 2. The second-order valence-corrected chi connectivity index (χ2v) is 10.1. The number of ether oxygens (including phenoxy) is 3. The van der Waals surface area contributed by atoms with Gasteiger partial charge in [0.2, 0.25) is 6.54 Å². The highest BCUT2D eigenvalue weighted by atomic mass is 16.6. The SMILES string of the molecule is CO[C@H]1C[C@H]2C=C[C@H]3[C@H]4O[C@]2(/C(C)=C/[C@@H](C)[C@@H]([C@@H](C)O)OC1=O)[C@@H]3C(=O)C(C)[C@H]4C[N+](=O)[O-]. The number of methoxy groups -OCH3 is 1. The summed E-state index contributed by atoms with van der Waals surface area (Å²) in [7, 11) is 1.43. The number of hydrogen-bond acceptors (Lipinski definition) is 8. The lowest BCUT2D eigenvalue weighted by atomic mass is 9.56. The molecule has 1 saturated heterocycles. The molecule has 0 aromatic carbocycles. The molecule has 2 heterocycles. The van der Waals surface area contributed by atoms with Crippen LogP contribution in [0.15, 0.2) is 23.8 Å². The third kappa shape index (κ3) is 3.65. The monoisotopic (exact) mass is 463 g/mol. The summed E-state index contributed by atoms with van der Waals surface area (Å²) in [4.78, 5) is 37.6. The van der Waals surface area contributed by atoms with Crippen molar-refractivity contribution >= 4 is 11.8 Å². The lowest BCUT2D eigenvalue weighted by molar-refractivity contribution is -0.492. The molecule has 2 aliphatic carbocycles. The van der Waals surface area contributed by atoms with Crippen molar-refractivity contribution in [1.82, 2.24) is 0 Å². The van der Waals surface area contributed by atoms with Gasteiger partial charge in [-0.3, -0.25) is 14.9 Å². The standard InChI is InChI=1S/C24H33NO8/c1-11-8-12(2)24-15(9-18(31-5)23(28)32-21(11)14(4)26)6-7-16-19(24)20(27)13(3)17(10-25(29)30)22(16)33-24/h6-8,11,13-19,21-22,26H,9-10H2,1-5H3/b12-8+/t11-,13?,14-,15-,16-,17-,18+,19+,21+,22-,24+/m1/s1. The van der Waals surface area contributed by atoms with Crippen molar-refractivity contribution in [2.45, 2.75) is 64.1 Å². The Bertz CT molecular complexity index is 897. The Morgan fingerprint density at radius 2 is 2.03 bits per heavy atom. The van der Waals surface area contributed by atoms with Gasteiger partial charge in [-0.25, -0.2) is 4.79 Å². The van der Waals surface area contributed by atoms with Crippen molar-refractivity contribution in [1.29, 1.82) is 0 Å². The summed E-state index contributed by atoms with van der Waals surface area (Å²) in [6, 6.07) is 0. The lowest BCUT2D eigenvalue weighted by Crippen LogP contribution is -2.54. The van der Waals surface area contributed by atoms with E-state index in [2.05, 4.69) is 0 Å². The molecule has 4 rings (SSSR count). The Labute approximate surface area is 193 Å². The zero-order valence-electron chi connectivity index (χ0n) is 19.7. The predicted octanol–water partition coefficient (Wildman–Crippen LogP) is 1.95. The van der Waals surface area contributed by atoms with Crippen LogP contribution in [-0.4, -0.2) is 65.5 Å². The molecule has 0 amide bonds. The van der Waals surface area contributed by atoms with Crippen LogP contribution in [0.3, 0.4) is 0 Å². The van der Waals surface area contributed by atoms with Gasteiger partial charge < -0.3 is 19.3 Å². The van der Waals surface area contributed by atoms with Crippen molar-refractivity contribution in [2.75, 3.05) is 13.7 Å². The number of carbonyl (C=O) groups is 2. The molecule has 0 radical (unpaired) electrons. The van der Waals surface area contributed by atoms with Gasteiger partial charge >= 0.3 is 5.97 Å². The molecule has 1 unspecified atom stereocenters. The van der Waals surface area contributed by atoms with Crippen molar-refractivity contribution in [2.24, 2.45) is 35.5 Å². The number of rotatable bonds is 4.